The topological polar surface area (TPSA) is 92.9 Å². The maximum atomic E-state index is 12.4. The average Bonchev–Trinajstić information content (AvgIpc) is 3.19. The van der Waals surface area contributed by atoms with Crippen LogP contribution in [0, 0.1) is 6.92 Å². The molecule has 2 aromatic heterocycles. The maximum Gasteiger partial charge on any atom is 0.323 e. The van der Waals surface area contributed by atoms with Gasteiger partial charge in [-0.05, 0) is 48.4 Å². The number of carbonyl (C=O) groups is 1. The fourth-order valence-electron chi connectivity index (χ4n) is 2.91. The molecule has 0 radical (unpaired) electrons. The first kappa shape index (κ1) is 18.4. The molecule has 0 aliphatic heterocycles. The van der Waals surface area contributed by atoms with Crippen LogP contribution in [-0.4, -0.2) is 21.2 Å². The number of hydrogen-bond donors (Lipinski definition) is 2. The molecule has 0 spiro atoms. The van der Waals surface area contributed by atoms with Gasteiger partial charge in [-0.3, -0.25) is 4.98 Å². The number of benzene rings is 2. The van der Waals surface area contributed by atoms with E-state index in [2.05, 4.69) is 25.8 Å². The number of para-hydroxylation sites is 1. The molecule has 0 aliphatic rings. The van der Waals surface area contributed by atoms with Crippen molar-refractivity contribution >= 4 is 17.4 Å². The van der Waals surface area contributed by atoms with Gasteiger partial charge in [0.2, 0.25) is 11.7 Å². The quantitative estimate of drug-likeness (QED) is 0.520. The first-order valence-electron chi connectivity index (χ1n) is 9.13. The lowest BCUT2D eigenvalue weighted by Gasteiger charge is -2.11. The molecule has 0 aliphatic carbocycles. The molecule has 2 amide bonds. The van der Waals surface area contributed by atoms with Crippen molar-refractivity contribution in [3.05, 3.63) is 90.1 Å². The number of pyridine rings is 1. The zero-order valence-corrected chi connectivity index (χ0v) is 15.8. The fourth-order valence-corrected chi connectivity index (χ4v) is 2.91. The molecule has 0 saturated carbocycles. The lowest BCUT2D eigenvalue weighted by atomic mass is 10.1. The number of hydrogen-bond acceptors (Lipinski definition) is 5. The van der Waals surface area contributed by atoms with Crippen LogP contribution in [0.25, 0.3) is 11.4 Å². The van der Waals surface area contributed by atoms with E-state index in [1.165, 1.54) is 0 Å². The number of amides is 2. The number of urea groups is 1. The Bertz CT molecular complexity index is 1120. The molecule has 2 heterocycles. The van der Waals surface area contributed by atoms with Crippen molar-refractivity contribution in [2.45, 2.75) is 13.3 Å². The van der Waals surface area contributed by atoms with E-state index in [1.807, 2.05) is 67.6 Å². The Morgan fingerprint density at radius 3 is 2.76 bits per heavy atom. The Balaban J connectivity index is 1.47. The number of anilines is 2. The third kappa shape index (κ3) is 4.65. The Hall–Kier alpha value is -4.00. The molecule has 7 nitrogen and oxygen atoms in total. The highest BCUT2D eigenvalue weighted by Gasteiger charge is 2.13. The van der Waals surface area contributed by atoms with Crippen LogP contribution >= 0.6 is 0 Å². The molecule has 0 bridgehead atoms. The van der Waals surface area contributed by atoms with E-state index in [9.17, 15) is 4.79 Å². The number of carbonyl (C=O) groups excluding carboxylic acids is 1. The summed E-state index contributed by atoms with van der Waals surface area (Å²) >= 11 is 0. The molecule has 29 heavy (non-hydrogen) atoms. The molecule has 0 saturated heterocycles. The summed E-state index contributed by atoms with van der Waals surface area (Å²) in [5.74, 6) is 0.938. The van der Waals surface area contributed by atoms with Crippen molar-refractivity contribution in [2.75, 3.05) is 10.6 Å². The van der Waals surface area contributed by atoms with Crippen LogP contribution in [0.15, 0.2) is 77.6 Å². The van der Waals surface area contributed by atoms with Crippen LogP contribution in [0.3, 0.4) is 0 Å². The van der Waals surface area contributed by atoms with Gasteiger partial charge in [-0.25, -0.2) is 4.79 Å². The smallest absolute Gasteiger partial charge is 0.323 e. The Labute approximate surface area is 167 Å². The van der Waals surface area contributed by atoms with Crippen molar-refractivity contribution in [3.8, 4) is 11.4 Å². The predicted molar refractivity (Wildman–Crippen MR) is 111 cm³/mol. The Morgan fingerprint density at radius 1 is 1.03 bits per heavy atom. The SMILES string of the molecule is Cc1cccc(NC(=O)Nc2ccccc2Cc2nc(-c3cccnc3)no2)c1. The summed E-state index contributed by atoms with van der Waals surface area (Å²) in [6.45, 7) is 1.97. The summed E-state index contributed by atoms with van der Waals surface area (Å²) in [4.78, 5) is 20.9. The zero-order chi connectivity index (χ0) is 20.1. The van der Waals surface area contributed by atoms with E-state index in [-0.39, 0.29) is 6.03 Å². The van der Waals surface area contributed by atoms with Crippen LogP contribution < -0.4 is 10.6 Å². The standard InChI is InChI=1S/C22H19N5O2/c1-15-6-4-9-18(12-15)24-22(28)25-19-10-3-2-7-16(19)13-20-26-21(27-29-20)17-8-5-11-23-14-17/h2-12,14H,13H2,1H3,(H2,24,25,28). The third-order valence-electron chi connectivity index (χ3n) is 4.27. The molecule has 144 valence electrons. The molecule has 7 heteroatoms. The second kappa shape index (κ2) is 8.35. The first-order valence-corrected chi connectivity index (χ1v) is 9.13. The maximum absolute atomic E-state index is 12.4. The summed E-state index contributed by atoms with van der Waals surface area (Å²) in [5.41, 5.74) is 4.14. The molecule has 0 atom stereocenters. The lowest BCUT2D eigenvalue weighted by Crippen LogP contribution is -2.20. The van der Waals surface area contributed by atoms with Crippen LogP contribution in [-0.2, 0) is 6.42 Å². The Morgan fingerprint density at radius 2 is 1.93 bits per heavy atom. The molecule has 2 N–H and O–H groups in total. The van der Waals surface area contributed by atoms with E-state index < -0.39 is 0 Å². The Kier molecular flexibility index (Phi) is 5.29. The molecule has 4 rings (SSSR count). The minimum atomic E-state index is -0.315. The number of rotatable bonds is 5. The third-order valence-corrected chi connectivity index (χ3v) is 4.27. The van der Waals surface area contributed by atoms with E-state index in [4.69, 9.17) is 4.52 Å². The van der Waals surface area contributed by atoms with Gasteiger partial charge in [0.1, 0.15) is 0 Å². The van der Waals surface area contributed by atoms with Crippen LogP contribution in [0.5, 0.6) is 0 Å². The van der Waals surface area contributed by atoms with Crippen LogP contribution in [0.4, 0.5) is 16.2 Å². The van der Waals surface area contributed by atoms with Gasteiger partial charge in [0.25, 0.3) is 0 Å². The fraction of sp³-hybridized carbons (Fsp3) is 0.0909. The van der Waals surface area contributed by atoms with E-state index in [0.717, 1.165) is 22.4 Å². The van der Waals surface area contributed by atoms with Gasteiger partial charge in [0.15, 0.2) is 0 Å². The summed E-state index contributed by atoms with van der Waals surface area (Å²) in [6, 6.07) is 18.5. The largest absolute Gasteiger partial charge is 0.339 e. The van der Waals surface area contributed by atoms with Crippen molar-refractivity contribution < 1.29 is 9.32 Å². The number of nitrogens with zero attached hydrogens (tertiary/aromatic N) is 3. The van der Waals surface area contributed by atoms with Gasteiger partial charge in [0, 0.05) is 29.3 Å². The first-order chi connectivity index (χ1) is 14.2. The van der Waals surface area contributed by atoms with E-state index in [1.54, 1.807) is 12.4 Å². The normalized spacial score (nSPS) is 10.5. The summed E-state index contributed by atoms with van der Waals surface area (Å²) in [6.07, 6.45) is 3.77. The number of aromatic nitrogens is 3. The van der Waals surface area contributed by atoms with E-state index in [0.29, 0.717) is 23.8 Å². The highest BCUT2D eigenvalue weighted by Crippen LogP contribution is 2.21. The van der Waals surface area contributed by atoms with Crippen LogP contribution in [0.2, 0.25) is 0 Å². The van der Waals surface area contributed by atoms with Gasteiger partial charge in [-0.1, -0.05) is 35.5 Å². The monoisotopic (exact) mass is 385 g/mol. The summed E-state index contributed by atoms with van der Waals surface area (Å²) in [7, 11) is 0. The molecular formula is C22H19N5O2. The van der Waals surface area contributed by atoms with Gasteiger partial charge < -0.3 is 15.2 Å². The summed E-state index contributed by atoms with van der Waals surface area (Å²) < 4.78 is 5.37. The second-order valence-electron chi connectivity index (χ2n) is 6.54. The number of aryl methyl sites for hydroxylation is 1. The molecule has 0 fully saturated rings. The average molecular weight is 385 g/mol. The molecular weight excluding hydrogens is 366 g/mol. The van der Waals surface area contributed by atoms with Gasteiger partial charge >= 0.3 is 6.03 Å². The molecule has 4 aromatic rings. The molecule has 2 aromatic carbocycles. The number of nitrogens with one attached hydrogen (secondary N) is 2. The predicted octanol–water partition coefficient (Wildman–Crippen LogP) is 4.67. The van der Waals surface area contributed by atoms with Crippen LogP contribution in [0.1, 0.15) is 17.0 Å². The minimum Gasteiger partial charge on any atom is -0.339 e. The van der Waals surface area contributed by atoms with Gasteiger partial charge in [-0.2, -0.15) is 4.98 Å². The van der Waals surface area contributed by atoms with Crippen molar-refractivity contribution in [2.24, 2.45) is 0 Å². The second-order valence-corrected chi connectivity index (χ2v) is 6.54. The van der Waals surface area contributed by atoms with Gasteiger partial charge in [0.05, 0.1) is 6.42 Å². The van der Waals surface area contributed by atoms with Crippen molar-refractivity contribution in [1.82, 2.24) is 15.1 Å². The summed E-state index contributed by atoms with van der Waals surface area (Å²) in [5, 5.41) is 9.74. The van der Waals surface area contributed by atoms with Crippen molar-refractivity contribution in [3.63, 3.8) is 0 Å². The van der Waals surface area contributed by atoms with Gasteiger partial charge in [-0.15, -0.1) is 0 Å². The zero-order valence-electron chi connectivity index (χ0n) is 15.8. The van der Waals surface area contributed by atoms with Crippen molar-refractivity contribution in [1.29, 1.82) is 0 Å². The van der Waals surface area contributed by atoms with E-state index >= 15 is 0 Å². The lowest BCUT2D eigenvalue weighted by molar-refractivity contribution is 0.262. The highest BCUT2D eigenvalue weighted by molar-refractivity contribution is 6.00. The highest BCUT2D eigenvalue weighted by atomic mass is 16.5. The molecule has 0 unspecified atom stereocenters. The minimum absolute atomic E-state index is 0.315.